The van der Waals surface area contributed by atoms with Gasteiger partial charge in [0.1, 0.15) is 5.75 Å². The molecule has 0 radical (unpaired) electrons. The average Bonchev–Trinajstić information content (AvgIpc) is 2.67. The van der Waals surface area contributed by atoms with E-state index in [4.69, 9.17) is 10.5 Å². The third-order valence-electron chi connectivity index (χ3n) is 4.43. The SMILES string of the molecule is CCCCOc1cccc(-c2ccc(CCC(N)(CO)CO)cc2)c1.Cl. The summed E-state index contributed by atoms with van der Waals surface area (Å²) in [5.74, 6) is 0.897. The Bertz CT molecular complexity index is 642. The van der Waals surface area contributed by atoms with Crippen LogP contribution in [0.4, 0.5) is 0 Å². The number of ether oxygens (including phenoxy) is 1. The number of halogens is 1. The van der Waals surface area contributed by atoms with Gasteiger partial charge in [0.2, 0.25) is 0 Å². The second-order valence-electron chi connectivity index (χ2n) is 6.61. The maximum absolute atomic E-state index is 9.26. The van der Waals surface area contributed by atoms with Crippen LogP contribution in [0.15, 0.2) is 48.5 Å². The molecular formula is C21H30ClNO3. The molecule has 0 bridgehead atoms. The molecule has 2 rings (SSSR count). The van der Waals surface area contributed by atoms with Gasteiger partial charge in [-0.05, 0) is 48.1 Å². The van der Waals surface area contributed by atoms with E-state index in [0.29, 0.717) is 6.42 Å². The predicted octanol–water partition coefficient (Wildman–Crippen LogP) is 3.57. The van der Waals surface area contributed by atoms with Crippen molar-refractivity contribution in [1.82, 2.24) is 0 Å². The Morgan fingerprint density at radius 3 is 2.31 bits per heavy atom. The van der Waals surface area contributed by atoms with Crippen LogP contribution >= 0.6 is 12.4 Å². The normalized spacial score (nSPS) is 11.1. The lowest BCUT2D eigenvalue weighted by Crippen LogP contribution is -2.47. The fourth-order valence-electron chi connectivity index (χ4n) is 2.57. The Balaban J connectivity index is 0.00000338. The highest BCUT2D eigenvalue weighted by molar-refractivity contribution is 5.85. The molecular weight excluding hydrogens is 350 g/mol. The van der Waals surface area contributed by atoms with Crippen molar-refractivity contribution in [2.24, 2.45) is 5.73 Å². The summed E-state index contributed by atoms with van der Waals surface area (Å²) in [6, 6.07) is 16.4. The molecule has 2 aromatic rings. The first kappa shape index (κ1) is 22.5. The van der Waals surface area contributed by atoms with Gasteiger partial charge < -0.3 is 20.7 Å². The van der Waals surface area contributed by atoms with Crippen LogP contribution in [0.25, 0.3) is 11.1 Å². The highest BCUT2D eigenvalue weighted by Crippen LogP contribution is 2.25. The highest BCUT2D eigenvalue weighted by Gasteiger charge is 2.22. The summed E-state index contributed by atoms with van der Waals surface area (Å²) in [5, 5.41) is 18.5. The van der Waals surface area contributed by atoms with E-state index in [0.717, 1.165) is 48.3 Å². The first-order chi connectivity index (χ1) is 12.1. The molecule has 5 heteroatoms. The van der Waals surface area contributed by atoms with Crippen LogP contribution in [0.5, 0.6) is 5.75 Å². The van der Waals surface area contributed by atoms with Gasteiger partial charge >= 0.3 is 0 Å². The van der Waals surface area contributed by atoms with Gasteiger partial charge in [-0.1, -0.05) is 49.7 Å². The minimum atomic E-state index is -0.914. The number of unbranched alkanes of at least 4 members (excludes halogenated alkanes) is 1. The van der Waals surface area contributed by atoms with Crippen molar-refractivity contribution in [3.8, 4) is 16.9 Å². The smallest absolute Gasteiger partial charge is 0.119 e. The molecule has 0 fully saturated rings. The van der Waals surface area contributed by atoms with Gasteiger partial charge in [-0.3, -0.25) is 0 Å². The highest BCUT2D eigenvalue weighted by atomic mass is 35.5. The molecule has 0 saturated heterocycles. The summed E-state index contributed by atoms with van der Waals surface area (Å²) < 4.78 is 5.77. The molecule has 0 aliphatic rings. The number of aryl methyl sites for hydroxylation is 1. The van der Waals surface area contributed by atoms with Crippen molar-refractivity contribution in [3.63, 3.8) is 0 Å². The fraction of sp³-hybridized carbons (Fsp3) is 0.429. The molecule has 0 unspecified atom stereocenters. The van der Waals surface area contributed by atoms with Crippen LogP contribution in [-0.4, -0.2) is 35.6 Å². The largest absolute Gasteiger partial charge is 0.494 e. The molecule has 4 N–H and O–H groups in total. The fourth-order valence-corrected chi connectivity index (χ4v) is 2.57. The lowest BCUT2D eigenvalue weighted by Gasteiger charge is -2.24. The topological polar surface area (TPSA) is 75.7 Å². The maximum atomic E-state index is 9.26. The summed E-state index contributed by atoms with van der Waals surface area (Å²) >= 11 is 0. The first-order valence-electron chi connectivity index (χ1n) is 8.93. The van der Waals surface area contributed by atoms with Crippen molar-refractivity contribution in [2.45, 2.75) is 38.1 Å². The predicted molar refractivity (Wildman–Crippen MR) is 109 cm³/mol. The van der Waals surface area contributed by atoms with E-state index in [2.05, 4.69) is 43.3 Å². The number of benzene rings is 2. The van der Waals surface area contributed by atoms with E-state index in [1.165, 1.54) is 0 Å². The second kappa shape index (κ2) is 11.2. The Labute approximate surface area is 162 Å². The quantitative estimate of drug-likeness (QED) is 0.551. The average molecular weight is 380 g/mol. The van der Waals surface area contributed by atoms with Crippen molar-refractivity contribution in [1.29, 1.82) is 0 Å². The van der Waals surface area contributed by atoms with Gasteiger partial charge in [-0.25, -0.2) is 0 Å². The molecule has 0 aliphatic heterocycles. The molecule has 0 heterocycles. The van der Waals surface area contributed by atoms with Crippen LogP contribution < -0.4 is 10.5 Å². The van der Waals surface area contributed by atoms with E-state index < -0.39 is 5.54 Å². The molecule has 0 amide bonds. The molecule has 0 aliphatic carbocycles. The van der Waals surface area contributed by atoms with Crippen molar-refractivity contribution in [2.75, 3.05) is 19.8 Å². The second-order valence-corrected chi connectivity index (χ2v) is 6.61. The van der Waals surface area contributed by atoms with Crippen LogP contribution in [0, 0.1) is 0 Å². The van der Waals surface area contributed by atoms with Crippen molar-refractivity contribution < 1.29 is 14.9 Å². The van der Waals surface area contributed by atoms with Gasteiger partial charge in [0.05, 0.1) is 25.4 Å². The van der Waals surface area contributed by atoms with E-state index >= 15 is 0 Å². The lowest BCUT2D eigenvalue weighted by molar-refractivity contribution is 0.115. The monoisotopic (exact) mass is 379 g/mol. The zero-order valence-corrected chi connectivity index (χ0v) is 16.2. The number of aliphatic hydroxyl groups is 2. The van der Waals surface area contributed by atoms with Crippen LogP contribution in [-0.2, 0) is 6.42 Å². The zero-order valence-electron chi connectivity index (χ0n) is 15.4. The lowest BCUT2D eigenvalue weighted by atomic mass is 9.93. The van der Waals surface area contributed by atoms with Gasteiger partial charge in [0.25, 0.3) is 0 Å². The number of hydrogen-bond donors (Lipinski definition) is 3. The molecule has 4 nitrogen and oxygen atoms in total. The standard InChI is InChI=1S/C21H29NO3.ClH/c1-2-3-13-25-20-6-4-5-19(14-20)18-9-7-17(8-10-18)11-12-21(22,15-23)16-24;/h4-10,14,23-24H,2-3,11-13,15-16,22H2,1H3;1H. The van der Waals surface area contributed by atoms with E-state index in [-0.39, 0.29) is 25.6 Å². The number of nitrogens with two attached hydrogens (primary N) is 1. The minimum Gasteiger partial charge on any atom is -0.494 e. The maximum Gasteiger partial charge on any atom is 0.119 e. The summed E-state index contributed by atoms with van der Waals surface area (Å²) in [5.41, 5.74) is 8.40. The van der Waals surface area contributed by atoms with Gasteiger partial charge in [-0.15, -0.1) is 12.4 Å². The van der Waals surface area contributed by atoms with Crippen molar-refractivity contribution >= 4 is 12.4 Å². The third kappa shape index (κ3) is 6.61. The minimum absolute atomic E-state index is 0. The Hall–Kier alpha value is -1.59. The number of hydrogen-bond acceptors (Lipinski definition) is 4. The van der Waals surface area contributed by atoms with Gasteiger partial charge in [0.15, 0.2) is 0 Å². The van der Waals surface area contributed by atoms with Gasteiger partial charge in [-0.2, -0.15) is 0 Å². The van der Waals surface area contributed by atoms with E-state index in [1.807, 2.05) is 12.1 Å². The Morgan fingerprint density at radius 1 is 1.00 bits per heavy atom. The van der Waals surface area contributed by atoms with Gasteiger partial charge in [0, 0.05) is 0 Å². The number of aliphatic hydroxyl groups excluding tert-OH is 2. The Morgan fingerprint density at radius 2 is 1.69 bits per heavy atom. The molecule has 0 atom stereocenters. The van der Waals surface area contributed by atoms with Crippen LogP contribution in [0.3, 0.4) is 0 Å². The molecule has 0 spiro atoms. The van der Waals surface area contributed by atoms with E-state index in [1.54, 1.807) is 0 Å². The zero-order chi connectivity index (χ0) is 18.1. The van der Waals surface area contributed by atoms with Crippen LogP contribution in [0.2, 0.25) is 0 Å². The van der Waals surface area contributed by atoms with E-state index in [9.17, 15) is 10.2 Å². The summed E-state index contributed by atoms with van der Waals surface area (Å²) in [7, 11) is 0. The number of rotatable bonds is 10. The summed E-state index contributed by atoms with van der Waals surface area (Å²) in [4.78, 5) is 0. The Kier molecular flexibility index (Phi) is 9.66. The molecule has 0 aromatic heterocycles. The molecule has 2 aromatic carbocycles. The van der Waals surface area contributed by atoms with Crippen LogP contribution in [0.1, 0.15) is 31.7 Å². The molecule has 144 valence electrons. The molecule has 26 heavy (non-hydrogen) atoms. The molecule has 0 saturated carbocycles. The first-order valence-corrected chi connectivity index (χ1v) is 8.93. The summed E-state index contributed by atoms with van der Waals surface area (Å²) in [6.07, 6.45) is 3.44. The third-order valence-corrected chi connectivity index (χ3v) is 4.43. The summed E-state index contributed by atoms with van der Waals surface area (Å²) in [6.45, 7) is 2.46. The van der Waals surface area contributed by atoms with Crippen molar-refractivity contribution in [3.05, 3.63) is 54.1 Å².